The number of nitrogens with two attached hydrogens (primary N) is 1. The van der Waals surface area contributed by atoms with Gasteiger partial charge in [0.05, 0.1) is 10.7 Å². The first-order valence-electron chi connectivity index (χ1n) is 4.97. The summed E-state index contributed by atoms with van der Waals surface area (Å²) >= 11 is 5.82. The van der Waals surface area contributed by atoms with Gasteiger partial charge in [-0.1, -0.05) is 11.6 Å². The van der Waals surface area contributed by atoms with Gasteiger partial charge in [-0.2, -0.15) is 0 Å². The van der Waals surface area contributed by atoms with Crippen molar-refractivity contribution >= 4 is 23.2 Å². The van der Waals surface area contributed by atoms with Crippen molar-refractivity contribution in [3.05, 3.63) is 28.8 Å². The van der Waals surface area contributed by atoms with Gasteiger partial charge in [0.15, 0.2) is 0 Å². The zero-order chi connectivity index (χ0) is 12.0. The minimum Gasteiger partial charge on any atom is -0.398 e. The second-order valence-electron chi connectivity index (χ2n) is 3.34. The Morgan fingerprint density at radius 2 is 2.31 bits per heavy atom. The fraction of sp³-hybridized carbons (Fsp3) is 0.364. The predicted molar refractivity (Wildman–Crippen MR) is 64.7 cm³/mol. The lowest BCUT2D eigenvalue weighted by Gasteiger charge is -2.06. The van der Waals surface area contributed by atoms with E-state index >= 15 is 0 Å². The number of hydrogen-bond acceptors (Lipinski definition) is 3. The molecule has 0 aromatic heterocycles. The SMILES string of the molecule is COCCCNC(=O)c1ccc(N)c(Cl)c1. The van der Waals surface area contributed by atoms with E-state index in [2.05, 4.69) is 5.32 Å². The highest BCUT2D eigenvalue weighted by molar-refractivity contribution is 6.33. The number of amides is 1. The topological polar surface area (TPSA) is 64.3 Å². The van der Waals surface area contributed by atoms with Crippen molar-refractivity contribution in [2.24, 2.45) is 0 Å². The van der Waals surface area contributed by atoms with Gasteiger partial charge in [-0.3, -0.25) is 4.79 Å². The molecule has 16 heavy (non-hydrogen) atoms. The van der Waals surface area contributed by atoms with Crippen LogP contribution in [0.2, 0.25) is 5.02 Å². The summed E-state index contributed by atoms with van der Waals surface area (Å²) in [6.45, 7) is 1.21. The summed E-state index contributed by atoms with van der Waals surface area (Å²) in [4.78, 5) is 11.6. The van der Waals surface area contributed by atoms with Crippen molar-refractivity contribution in [1.29, 1.82) is 0 Å². The van der Waals surface area contributed by atoms with E-state index in [1.807, 2.05) is 0 Å². The fourth-order valence-electron chi connectivity index (χ4n) is 1.19. The van der Waals surface area contributed by atoms with Crippen LogP contribution in [-0.4, -0.2) is 26.2 Å². The fourth-order valence-corrected chi connectivity index (χ4v) is 1.37. The van der Waals surface area contributed by atoms with Gasteiger partial charge in [0.1, 0.15) is 0 Å². The van der Waals surface area contributed by atoms with E-state index in [1.54, 1.807) is 25.3 Å². The summed E-state index contributed by atoms with van der Waals surface area (Å²) in [5.41, 5.74) is 6.53. The molecule has 0 saturated heterocycles. The standard InChI is InChI=1S/C11H15ClN2O2/c1-16-6-2-5-14-11(15)8-3-4-10(13)9(12)7-8/h3-4,7H,2,5-6,13H2,1H3,(H,14,15). The van der Waals surface area contributed by atoms with Gasteiger partial charge in [0.2, 0.25) is 0 Å². The first-order chi connectivity index (χ1) is 7.65. The van der Waals surface area contributed by atoms with Crippen LogP contribution in [0.15, 0.2) is 18.2 Å². The second kappa shape index (κ2) is 6.35. The maximum Gasteiger partial charge on any atom is 0.251 e. The number of nitrogen functional groups attached to an aromatic ring is 1. The molecule has 0 bridgehead atoms. The normalized spacial score (nSPS) is 10.1. The van der Waals surface area contributed by atoms with Crippen LogP contribution in [0, 0.1) is 0 Å². The molecule has 0 unspecified atom stereocenters. The van der Waals surface area contributed by atoms with E-state index in [9.17, 15) is 4.79 Å². The number of nitrogens with one attached hydrogen (secondary N) is 1. The predicted octanol–water partition coefficient (Wildman–Crippen LogP) is 1.69. The number of rotatable bonds is 5. The van der Waals surface area contributed by atoms with Crippen molar-refractivity contribution < 1.29 is 9.53 Å². The molecular formula is C11H15ClN2O2. The van der Waals surface area contributed by atoms with Gasteiger partial charge in [-0.15, -0.1) is 0 Å². The summed E-state index contributed by atoms with van der Waals surface area (Å²) in [5.74, 6) is -0.155. The van der Waals surface area contributed by atoms with E-state index in [1.165, 1.54) is 0 Å². The molecule has 0 aliphatic heterocycles. The van der Waals surface area contributed by atoms with Gasteiger partial charge < -0.3 is 15.8 Å². The molecule has 0 heterocycles. The number of carbonyl (C=O) groups is 1. The molecule has 5 heteroatoms. The quantitative estimate of drug-likeness (QED) is 0.610. The summed E-state index contributed by atoms with van der Waals surface area (Å²) in [6.07, 6.45) is 0.783. The molecule has 0 fully saturated rings. The number of anilines is 1. The first kappa shape index (κ1) is 12.8. The van der Waals surface area contributed by atoms with Crippen LogP contribution in [-0.2, 0) is 4.74 Å². The molecule has 0 saturated carbocycles. The third kappa shape index (κ3) is 3.72. The van der Waals surface area contributed by atoms with E-state index in [-0.39, 0.29) is 5.91 Å². The Bertz CT molecular complexity index is 369. The van der Waals surface area contributed by atoms with E-state index in [0.717, 1.165) is 6.42 Å². The van der Waals surface area contributed by atoms with Gasteiger partial charge in [-0.05, 0) is 24.6 Å². The molecule has 88 valence electrons. The lowest BCUT2D eigenvalue weighted by Crippen LogP contribution is -2.25. The average Bonchev–Trinajstić information content (AvgIpc) is 2.28. The highest BCUT2D eigenvalue weighted by Gasteiger charge is 2.06. The Morgan fingerprint density at radius 3 is 2.94 bits per heavy atom. The molecule has 3 N–H and O–H groups in total. The molecule has 0 spiro atoms. The van der Waals surface area contributed by atoms with E-state index in [0.29, 0.717) is 29.4 Å². The van der Waals surface area contributed by atoms with Crippen molar-refractivity contribution in [2.75, 3.05) is 26.0 Å². The summed E-state index contributed by atoms with van der Waals surface area (Å²) in [7, 11) is 1.63. The van der Waals surface area contributed by atoms with Crippen LogP contribution in [0.3, 0.4) is 0 Å². The van der Waals surface area contributed by atoms with Crippen LogP contribution in [0.4, 0.5) is 5.69 Å². The molecule has 0 aliphatic rings. The second-order valence-corrected chi connectivity index (χ2v) is 3.75. The first-order valence-corrected chi connectivity index (χ1v) is 5.35. The van der Waals surface area contributed by atoms with E-state index < -0.39 is 0 Å². The number of ether oxygens (including phenoxy) is 1. The Kier molecular flexibility index (Phi) is 5.08. The molecule has 1 aromatic rings. The third-order valence-corrected chi connectivity index (χ3v) is 2.40. The maximum absolute atomic E-state index is 11.6. The monoisotopic (exact) mass is 242 g/mol. The summed E-state index contributed by atoms with van der Waals surface area (Å²) in [6, 6.07) is 4.82. The highest BCUT2D eigenvalue weighted by Crippen LogP contribution is 2.19. The van der Waals surface area contributed by atoms with Crippen molar-refractivity contribution in [2.45, 2.75) is 6.42 Å². The summed E-state index contributed by atoms with van der Waals surface area (Å²) in [5, 5.41) is 3.16. The smallest absolute Gasteiger partial charge is 0.251 e. The molecule has 0 radical (unpaired) electrons. The third-order valence-electron chi connectivity index (χ3n) is 2.07. The van der Waals surface area contributed by atoms with Crippen LogP contribution in [0.1, 0.15) is 16.8 Å². The Morgan fingerprint density at radius 1 is 1.56 bits per heavy atom. The van der Waals surface area contributed by atoms with Gasteiger partial charge in [0.25, 0.3) is 5.91 Å². The molecule has 0 atom stereocenters. The van der Waals surface area contributed by atoms with Crippen molar-refractivity contribution in [3.8, 4) is 0 Å². The Balaban J connectivity index is 2.50. The van der Waals surface area contributed by atoms with Crippen molar-refractivity contribution in [1.82, 2.24) is 5.32 Å². The molecule has 0 aliphatic carbocycles. The van der Waals surface area contributed by atoms with Crippen LogP contribution < -0.4 is 11.1 Å². The lowest BCUT2D eigenvalue weighted by atomic mass is 10.2. The highest BCUT2D eigenvalue weighted by atomic mass is 35.5. The van der Waals surface area contributed by atoms with Crippen LogP contribution >= 0.6 is 11.6 Å². The maximum atomic E-state index is 11.6. The Labute approximate surface area is 99.7 Å². The van der Waals surface area contributed by atoms with Crippen molar-refractivity contribution in [3.63, 3.8) is 0 Å². The van der Waals surface area contributed by atoms with E-state index in [4.69, 9.17) is 22.1 Å². The minimum absolute atomic E-state index is 0.155. The lowest BCUT2D eigenvalue weighted by molar-refractivity contribution is 0.0948. The zero-order valence-electron chi connectivity index (χ0n) is 9.13. The number of halogens is 1. The number of methoxy groups -OCH3 is 1. The molecular weight excluding hydrogens is 228 g/mol. The molecule has 1 amide bonds. The molecule has 1 aromatic carbocycles. The van der Waals surface area contributed by atoms with Crippen LogP contribution in [0.25, 0.3) is 0 Å². The zero-order valence-corrected chi connectivity index (χ0v) is 9.88. The number of carbonyl (C=O) groups excluding carboxylic acids is 1. The Hall–Kier alpha value is -1.26. The van der Waals surface area contributed by atoms with Crippen LogP contribution in [0.5, 0.6) is 0 Å². The molecule has 1 rings (SSSR count). The van der Waals surface area contributed by atoms with Gasteiger partial charge in [-0.25, -0.2) is 0 Å². The summed E-state index contributed by atoms with van der Waals surface area (Å²) < 4.78 is 4.88. The number of hydrogen-bond donors (Lipinski definition) is 2. The minimum atomic E-state index is -0.155. The number of benzene rings is 1. The van der Waals surface area contributed by atoms with Gasteiger partial charge >= 0.3 is 0 Å². The van der Waals surface area contributed by atoms with Gasteiger partial charge in [0, 0.05) is 25.8 Å². The average molecular weight is 243 g/mol. The molecule has 4 nitrogen and oxygen atoms in total. The largest absolute Gasteiger partial charge is 0.398 e.